The lowest BCUT2D eigenvalue weighted by atomic mass is 9.85. The highest BCUT2D eigenvalue weighted by Gasteiger charge is 2.25. The predicted octanol–water partition coefficient (Wildman–Crippen LogP) is 2.50. The number of benzene rings is 1. The van der Waals surface area contributed by atoms with E-state index < -0.39 is 0 Å². The van der Waals surface area contributed by atoms with Gasteiger partial charge in [0.25, 0.3) is 0 Å². The molecule has 0 heterocycles. The van der Waals surface area contributed by atoms with Crippen LogP contribution >= 0.6 is 0 Å². The first-order valence-corrected chi connectivity index (χ1v) is 7.95. The van der Waals surface area contributed by atoms with E-state index in [4.69, 9.17) is 0 Å². The van der Waals surface area contributed by atoms with Crippen molar-refractivity contribution in [2.45, 2.75) is 45.7 Å². The molecule has 2 rings (SSSR count). The SMILES string of the molecule is CN=C(NCc1cccc(NC(=O)C2CCC2)c1)NC(C)C. The van der Waals surface area contributed by atoms with Gasteiger partial charge in [0.1, 0.15) is 0 Å². The normalized spacial score (nSPS) is 15.4. The van der Waals surface area contributed by atoms with E-state index in [2.05, 4.69) is 34.8 Å². The first-order chi connectivity index (χ1) is 10.6. The minimum Gasteiger partial charge on any atom is -0.354 e. The Morgan fingerprint density at radius 2 is 2.14 bits per heavy atom. The molecule has 0 atom stereocenters. The fraction of sp³-hybridized carbons (Fsp3) is 0.529. The fourth-order valence-corrected chi connectivity index (χ4v) is 2.33. The van der Waals surface area contributed by atoms with E-state index in [9.17, 15) is 4.79 Å². The summed E-state index contributed by atoms with van der Waals surface area (Å²) in [4.78, 5) is 16.2. The Bertz CT molecular complexity index is 535. The number of carbonyl (C=O) groups is 1. The van der Waals surface area contributed by atoms with Crippen LogP contribution < -0.4 is 16.0 Å². The third-order valence-electron chi connectivity index (χ3n) is 3.78. The van der Waals surface area contributed by atoms with E-state index in [0.717, 1.165) is 30.1 Å². The highest BCUT2D eigenvalue weighted by atomic mass is 16.1. The summed E-state index contributed by atoms with van der Waals surface area (Å²) in [5, 5.41) is 9.52. The van der Waals surface area contributed by atoms with Crippen molar-refractivity contribution in [3.63, 3.8) is 0 Å². The second-order valence-electron chi connectivity index (χ2n) is 6.04. The lowest BCUT2D eigenvalue weighted by Gasteiger charge is -2.24. The van der Waals surface area contributed by atoms with Crippen molar-refractivity contribution in [2.75, 3.05) is 12.4 Å². The van der Waals surface area contributed by atoms with Crippen LogP contribution in [0.3, 0.4) is 0 Å². The number of carbonyl (C=O) groups excluding carboxylic acids is 1. The molecule has 1 fully saturated rings. The smallest absolute Gasteiger partial charge is 0.227 e. The van der Waals surface area contributed by atoms with Gasteiger partial charge in [-0.1, -0.05) is 18.6 Å². The first-order valence-electron chi connectivity index (χ1n) is 7.95. The summed E-state index contributed by atoms with van der Waals surface area (Å²) in [7, 11) is 1.76. The maximum absolute atomic E-state index is 12.0. The maximum Gasteiger partial charge on any atom is 0.227 e. The molecule has 1 amide bonds. The fourth-order valence-electron chi connectivity index (χ4n) is 2.33. The lowest BCUT2D eigenvalue weighted by Crippen LogP contribution is -2.40. The van der Waals surface area contributed by atoms with Crippen molar-refractivity contribution in [3.05, 3.63) is 29.8 Å². The number of nitrogens with one attached hydrogen (secondary N) is 3. The molecule has 1 aromatic carbocycles. The van der Waals surface area contributed by atoms with Gasteiger partial charge in [-0.15, -0.1) is 0 Å². The van der Waals surface area contributed by atoms with Crippen molar-refractivity contribution in [1.29, 1.82) is 0 Å². The third-order valence-corrected chi connectivity index (χ3v) is 3.78. The van der Waals surface area contributed by atoms with E-state index in [-0.39, 0.29) is 11.8 Å². The van der Waals surface area contributed by atoms with Gasteiger partial charge in [0, 0.05) is 31.2 Å². The van der Waals surface area contributed by atoms with Crippen LogP contribution in [0.2, 0.25) is 0 Å². The van der Waals surface area contributed by atoms with E-state index >= 15 is 0 Å². The zero-order valence-corrected chi connectivity index (χ0v) is 13.6. The molecular formula is C17H26N4O. The minimum absolute atomic E-state index is 0.147. The van der Waals surface area contributed by atoms with Crippen molar-refractivity contribution in [1.82, 2.24) is 10.6 Å². The topological polar surface area (TPSA) is 65.5 Å². The van der Waals surface area contributed by atoms with E-state index in [0.29, 0.717) is 12.6 Å². The Morgan fingerprint density at radius 3 is 2.73 bits per heavy atom. The van der Waals surface area contributed by atoms with Crippen LogP contribution in [-0.4, -0.2) is 25.0 Å². The Hall–Kier alpha value is -2.04. The first kappa shape index (κ1) is 16.3. The number of rotatable bonds is 5. The van der Waals surface area contributed by atoms with Gasteiger partial charge in [0.15, 0.2) is 5.96 Å². The standard InChI is InChI=1S/C17H26N4O/c1-12(2)20-17(18-3)19-11-13-6-4-9-15(10-13)21-16(22)14-7-5-8-14/h4,6,9-10,12,14H,5,7-8,11H2,1-3H3,(H,21,22)(H2,18,19,20). The van der Waals surface area contributed by atoms with E-state index in [1.54, 1.807) is 7.05 Å². The molecule has 120 valence electrons. The van der Waals surface area contributed by atoms with Crippen LogP contribution in [0, 0.1) is 5.92 Å². The Kier molecular flexibility index (Phi) is 5.81. The number of guanidine groups is 1. The average molecular weight is 302 g/mol. The number of amides is 1. The summed E-state index contributed by atoms with van der Waals surface area (Å²) in [5.74, 6) is 1.13. The molecule has 22 heavy (non-hydrogen) atoms. The quantitative estimate of drug-likeness (QED) is 0.578. The minimum atomic E-state index is 0.147. The molecule has 0 radical (unpaired) electrons. The molecule has 5 heteroatoms. The van der Waals surface area contributed by atoms with Gasteiger partial charge in [-0.3, -0.25) is 9.79 Å². The number of hydrogen-bond acceptors (Lipinski definition) is 2. The highest BCUT2D eigenvalue weighted by Crippen LogP contribution is 2.27. The number of hydrogen-bond donors (Lipinski definition) is 3. The van der Waals surface area contributed by atoms with Gasteiger partial charge in [-0.2, -0.15) is 0 Å². The summed E-state index contributed by atoms with van der Waals surface area (Å²) in [6.45, 7) is 4.81. The van der Waals surface area contributed by atoms with E-state index in [1.165, 1.54) is 6.42 Å². The van der Waals surface area contributed by atoms with Crippen LogP contribution in [0.4, 0.5) is 5.69 Å². The Balaban J connectivity index is 1.89. The zero-order chi connectivity index (χ0) is 15.9. The zero-order valence-electron chi connectivity index (χ0n) is 13.6. The second-order valence-corrected chi connectivity index (χ2v) is 6.04. The molecule has 5 nitrogen and oxygen atoms in total. The summed E-state index contributed by atoms with van der Waals surface area (Å²) in [6, 6.07) is 8.27. The molecule has 0 bridgehead atoms. The molecule has 1 aliphatic rings. The molecule has 0 aromatic heterocycles. The van der Waals surface area contributed by atoms with Crippen LogP contribution in [-0.2, 0) is 11.3 Å². The molecule has 0 saturated heterocycles. The molecule has 1 aliphatic carbocycles. The van der Waals surface area contributed by atoms with Crippen LogP contribution in [0.1, 0.15) is 38.7 Å². The van der Waals surface area contributed by atoms with Gasteiger partial charge >= 0.3 is 0 Å². The molecule has 3 N–H and O–H groups in total. The second kappa shape index (κ2) is 7.82. The van der Waals surface area contributed by atoms with Crippen LogP contribution in [0.15, 0.2) is 29.3 Å². The largest absolute Gasteiger partial charge is 0.354 e. The third kappa shape index (κ3) is 4.76. The number of aliphatic imine (C=N–C) groups is 1. The average Bonchev–Trinajstić information content (AvgIpc) is 2.41. The molecular weight excluding hydrogens is 276 g/mol. The van der Waals surface area contributed by atoms with Crippen LogP contribution in [0.5, 0.6) is 0 Å². The monoisotopic (exact) mass is 302 g/mol. The molecule has 1 saturated carbocycles. The highest BCUT2D eigenvalue weighted by molar-refractivity contribution is 5.93. The summed E-state index contributed by atoms with van der Waals surface area (Å²) in [6.07, 6.45) is 3.21. The van der Waals surface area contributed by atoms with Crippen LogP contribution in [0.25, 0.3) is 0 Å². The summed E-state index contributed by atoms with van der Waals surface area (Å²) < 4.78 is 0. The van der Waals surface area contributed by atoms with Gasteiger partial charge in [0.2, 0.25) is 5.91 Å². The van der Waals surface area contributed by atoms with Crippen molar-refractivity contribution < 1.29 is 4.79 Å². The van der Waals surface area contributed by atoms with Gasteiger partial charge in [-0.25, -0.2) is 0 Å². The van der Waals surface area contributed by atoms with E-state index in [1.807, 2.05) is 24.3 Å². The molecule has 0 aliphatic heterocycles. The molecule has 1 aromatic rings. The van der Waals surface area contributed by atoms with Crippen molar-refractivity contribution in [2.24, 2.45) is 10.9 Å². The Labute approximate surface area is 132 Å². The van der Waals surface area contributed by atoms with Gasteiger partial charge < -0.3 is 16.0 Å². The lowest BCUT2D eigenvalue weighted by molar-refractivity contribution is -0.122. The predicted molar refractivity (Wildman–Crippen MR) is 90.9 cm³/mol. The number of nitrogens with zero attached hydrogens (tertiary/aromatic N) is 1. The number of anilines is 1. The molecule has 0 unspecified atom stereocenters. The summed E-state index contributed by atoms with van der Waals surface area (Å²) >= 11 is 0. The van der Waals surface area contributed by atoms with Crippen molar-refractivity contribution >= 4 is 17.6 Å². The maximum atomic E-state index is 12.0. The van der Waals surface area contributed by atoms with Gasteiger partial charge in [0.05, 0.1) is 0 Å². The Morgan fingerprint density at radius 1 is 1.36 bits per heavy atom. The molecule has 0 spiro atoms. The summed E-state index contributed by atoms with van der Waals surface area (Å²) in [5.41, 5.74) is 1.97. The van der Waals surface area contributed by atoms with Gasteiger partial charge in [-0.05, 0) is 44.4 Å². The van der Waals surface area contributed by atoms with Crippen molar-refractivity contribution in [3.8, 4) is 0 Å².